The van der Waals surface area contributed by atoms with Crippen molar-refractivity contribution in [2.75, 3.05) is 6.54 Å². The quantitative estimate of drug-likeness (QED) is 0.805. The Hall–Kier alpha value is -1.41. The molecule has 0 amide bonds. The van der Waals surface area contributed by atoms with Crippen molar-refractivity contribution in [1.82, 2.24) is 14.3 Å². The molecule has 1 aromatic heterocycles. The summed E-state index contributed by atoms with van der Waals surface area (Å²) < 4.78 is 27.9. The number of nitrogens with one attached hydrogen (secondary N) is 1. The van der Waals surface area contributed by atoms with Crippen LogP contribution in [0.15, 0.2) is 17.6 Å². The lowest BCUT2D eigenvalue weighted by molar-refractivity contribution is -0.142. The van der Waals surface area contributed by atoms with E-state index in [1.54, 1.807) is 11.6 Å². The van der Waals surface area contributed by atoms with Gasteiger partial charge in [0.1, 0.15) is 0 Å². The highest BCUT2D eigenvalue weighted by Gasteiger charge is 2.33. The van der Waals surface area contributed by atoms with E-state index in [2.05, 4.69) is 9.71 Å². The van der Waals surface area contributed by atoms with Crippen molar-refractivity contribution in [3.8, 4) is 0 Å². The van der Waals surface area contributed by atoms with Crippen molar-refractivity contribution in [3.63, 3.8) is 0 Å². The minimum Gasteiger partial charge on any atom is -0.481 e. The highest BCUT2D eigenvalue weighted by atomic mass is 32.2. The van der Waals surface area contributed by atoms with Crippen LogP contribution in [0.4, 0.5) is 0 Å². The molecular weight excluding hydrogens is 270 g/mol. The average Bonchev–Trinajstić information content (AvgIpc) is 2.94. The Bertz CT molecular complexity index is 566. The molecule has 1 heterocycles. The fraction of sp³-hybridized carbons (Fsp3) is 0.636. The van der Waals surface area contributed by atoms with Gasteiger partial charge in [0, 0.05) is 19.8 Å². The Balaban J connectivity index is 2.00. The normalized spacial score (nSPS) is 23.6. The Morgan fingerprint density at radius 1 is 1.58 bits per heavy atom. The summed E-state index contributed by atoms with van der Waals surface area (Å²) in [7, 11) is -1.97. The molecule has 1 aliphatic carbocycles. The number of carboxylic acid groups (broad SMARTS) is 1. The highest BCUT2D eigenvalue weighted by molar-refractivity contribution is 7.89. The lowest BCUT2D eigenvalue weighted by Gasteiger charge is -2.15. The molecule has 2 N–H and O–H groups in total. The number of aliphatic carboxylic acids is 1. The van der Waals surface area contributed by atoms with E-state index in [4.69, 9.17) is 5.11 Å². The van der Waals surface area contributed by atoms with Gasteiger partial charge < -0.3 is 9.67 Å². The van der Waals surface area contributed by atoms with Gasteiger partial charge in [-0.1, -0.05) is 6.42 Å². The van der Waals surface area contributed by atoms with Gasteiger partial charge in [0.2, 0.25) is 0 Å². The summed E-state index contributed by atoms with van der Waals surface area (Å²) in [6.07, 6.45) is 5.00. The maximum atomic E-state index is 11.9. The van der Waals surface area contributed by atoms with Crippen LogP contribution in [0, 0.1) is 11.8 Å². The Morgan fingerprint density at radius 2 is 2.32 bits per heavy atom. The first-order valence-corrected chi connectivity index (χ1v) is 7.59. The largest absolute Gasteiger partial charge is 0.481 e. The number of carboxylic acids is 1. The molecule has 8 heteroatoms. The molecular formula is C11H17N3O4S. The Kier molecular flexibility index (Phi) is 3.91. The van der Waals surface area contributed by atoms with Gasteiger partial charge in [-0.2, -0.15) is 0 Å². The van der Waals surface area contributed by atoms with Gasteiger partial charge in [0.05, 0.1) is 12.2 Å². The summed E-state index contributed by atoms with van der Waals surface area (Å²) in [5.41, 5.74) is 0. The van der Waals surface area contributed by atoms with Crippen molar-refractivity contribution >= 4 is 16.0 Å². The topological polar surface area (TPSA) is 101 Å². The fourth-order valence-electron chi connectivity index (χ4n) is 2.42. The number of nitrogens with zero attached hydrogens (tertiary/aromatic N) is 2. The summed E-state index contributed by atoms with van der Waals surface area (Å²) >= 11 is 0. The van der Waals surface area contributed by atoms with E-state index >= 15 is 0 Å². The fourth-order valence-corrected chi connectivity index (χ4v) is 3.50. The van der Waals surface area contributed by atoms with Gasteiger partial charge in [0.15, 0.2) is 5.03 Å². The predicted octanol–water partition coefficient (Wildman–Crippen LogP) is 0.199. The summed E-state index contributed by atoms with van der Waals surface area (Å²) in [5, 5.41) is 9.00. The molecule has 1 aromatic rings. The second kappa shape index (κ2) is 5.30. The molecule has 2 rings (SSSR count). The molecule has 1 fully saturated rings. The third-order valence-electron chi connectivity index (χ3n) is 3.47. The van der Waals surface area contributed by atoms with Crippen molar-refractivity contribution in [1.29, 1.82) is 0 Å². The van der Waals surface area contributed by atoms with E-state index in [0.29, 0.717) is 6.42 Å². The lowest BCUT2D eigenvalue weighted by Crippen LogP contribution is -2.33. The zero-order valence-corrected chi connectivity index (χ0v) is 11.4. The molecule has 7 nitrogen and oxygen atoms in total. The van der Waals surface area contributed by atoms with Crippen LogP contribution in [-0.4, -0.2) is 35.6 Å². The standard InChI is InChI=1S/C11H17N3O4S/c1-14-6-10(12-7-14)19(17,18)13-5-8-3-2-4-9(8)11(15)16/h6-9,13H,2-5H2,1H3,(H,15,16). The number of hydrogen-bond donors (Lipinski definition) is 2. The SMILES string of the molecule is Cn1cnc(S(=O)(=O)NCC2CCCC2C(=O)O)c1. The number of sulfonamides is 1. The van der Waals surface area contributed by atoms with E-state index in [0.717, 1.165) is 12.8 Å². The smallest absolute Gasteiger partial charge is 0.306 e. The Labute approximate surface area is 111 Å². The number of hydrogen-bond acceptors (Lipinski definition) is 4. The first-order valence-electron chi connectivity index (χ1n) is 6.10. The number of rotatable bonds is 5. The zero-order chi connectivity index (χ0) is 14.0. The first kappa shape index (κ1) is 14.0. The molecule has 0 bridgehead atoms. The number of carbonyl (C=O) groups is 1. The van der Waals surface area contributed by atoms with E-state index in [1.807, 2.05) is 0 Å². The number of aryl methyl sites for hydroxylation is 1. The minimum atomic E-state index is -3.65. The maximum absolute atomic E-state index is 11.9. The molecule has 19 heavy (non-hydrogen) atoms. The van der Waals surface area contributed by atoms with Crippen LogP contribution in [0.5, 0.6) is 0 Å². The van der Waals surface area contributed by atoms with Crippen LogP contribution in [-0.2, 0) is 21.9 Å². The maximum Gasteiger partial charge on any atom is 0.306 e. The van der Waals surface area contributed by atoms with Crippen LogP contribution in [0.25, 0.3) is 0 Å². The molecule has 106 valence electrons. The van der Waals surface area contributed by atoms with Crippen molar-refractivity contribution < 1.29 is 18.3 Å². The molecule has 0 spiro atoms. The van der Waals surface area contributed by atoms with Gasteiger partial charge in [0.25, 0.3) is 10.0 Å². The Morgan fingerprint density at radius 3 is 2.89 bits per heavy atom. The molecule has 0 aliphatic heterocycles. The van der Waals surface area contributed by atoms with Crippen molar-refractivity contribution in [2.24, 2.45) is 18.9 Å². The lowest BCUT2D eigenvalue weighted by atomic mass is 9.97. The summed E-state index contributed by atoms with van der Waals surface area (Å²) in [6.45, 7) is 0.149. The molecule has 0 saturated heterocycles. The highest BCUT2D eigenvalue weighted by Crippen LogP contribution is 2.31. The van der Waals surface area contributed by atoms with Crippen LogP contribution < -0.4 is 4.72 Å². The van der Waals surface area contributed by atoms with Crippen LogP contribution >= 0.6 is 0 Å². The predicted molar refractivity (Wildman–Crippen MR) is 66.9 cm³/mol. The molecule has 2 atom stereocenters. The van der Waals surface area contributed by atoms with Gasteiger partial charge in [-0.3, -0.25) is 4.79 Å². The van der Waals surface area contributed by atoms with E-state index in [1.165, 1.54) is 12.5 Å². The van der Waals surface area contributed by atoms with E-state index < -0.39 is 21.9 Å². The van der Waals surface area contributed by atoms with Crippen molar-refractivity contribution in [3.05, 3.63) is 12.5 Å². The summed E-state index contributed by atoms with van der Waals surface area (Å²) in [5.74, 6) is -1.44. The summed E-state index contributed by atoms with van der Waals surface area (Å²) in [4.78, 5) is 14.8. The van der Waals surface area contributed by atoms with E-state index in [-0.39, 0.29) is 17.5 Å². The molecule has 0 aromatic carbocycles. The zero-order valence-electron chi connectivity index (χ0n) is 10.6. The van der Waals surface area contributed by atoms with Crippen LogP contribution in [0.2, 0.25) is 0 Å². The minimum absolute atomic E-state index is 0.0418. The third-order valence-corrected chi connectivity index (χ3v) is 4.78. The van der Waals surface area contributed by atoms with Gasteiger partial charge in [-0.05, 0) is 18.8 Å². The molecule has 0 radical (unpaired) electrons. The van der Waals surface area contributed by atoms with Gasteiger partial charge in [-0.15, -0.1) is 0 Å². The number of imidazole rings is 1. The molecule has 1 saturated carbocycles. The average molecular weight is 287 g/mol. The number of aromatic nitrogens is 2. The summed E-state index contributed by atoms with van der Waals surface area (Å²) in [6, 6.07) is 0. The first-order chi connectivity index (χ1) is 8.90. The monoisotopic (exact) mass is 287 g/mol. The van der Waals surface area contributed by atoms with Gasteiger partial charge >= 0.3 is 5.97 Å². The molecule has 1 aliphatic rings. The van der Waals surface area contributed by atoms with Gasteiger partial charge in [-0.25, -0.2) is 18.1 Å². The third kappa shape index (κ3) is 3.13. The second-order valence-electron chi connectivity index (χ2n) is 4.86. The molecule has 2 unspecified atom stereocenters. The van der Waals surface area contributed by atoms with Crippen LogP contribution in [0.3, 0.4) is 0 Å². The van der Waals surface area contributed by atoms with Crippen molar-refractivity contribution in [2.45, 2.75) is 24.3 Å². The second-order valence-corrected chi connectivity index (χ2v) is 6.58. The van der Waals surface area contributed by atoms with E-state index in [9.17, 15) is 13.2 Å². The van der Waals surface area contributed by atoms with Crippen LogP contribution in [0.1, 0.15) is 19.3 Å².